The zero-order chi connectivity index (χ0) is 17.0. The minimum absolute atomic E-state index is 0.613. The van der Waals surface area contributed by atoms with E-state index in [1.807, 2.05) is 23.9 Å². The Morgan fingerprint density at radius 3 is 2.92 bits per heavy atom. The highest BCUT2D eigenvalue weighted by Gasteiger charge is 2.26. The third-order valence-electron chi connectivity index (χ3n) is 5.25. The number of hydrogen-bond acceptors (Lipinski definition) is 2. The second-order valence-electron chi connectivity index (χ2n) is 6.64. The molecule has 1 aromatic heterocycles. The Kier molecular flexibility index (Phi) is 4.01. The van der Waals surface area contributed by atoms with Crippen LogP contribution in [0.15, 0.2) is 35.2 Å². The number of hydrogen-bond donors (Lipinski definition) is 1. The highest BCUT2D eigenvalue weighted by atomic mass is 35.5. The van der Waals surface area contributed by atoms with Crippen LogP contribution in [-0.2, 0) is 19.5 Å². The molecule has 3 heterocycles. The molecule has 0 radical (unpaired) electrons. The van der Waals surface area contributed by atoms with Crippen LogP contribution >= 0.6 is 35.0 Å². The lowest BCUT2D eigenvalue weighted by Gasteiger charge is -2.17. The Labute approximate surface area is 161 Å². The van der Waals surface area contributed by atoms with Gasteiger partial charge in [0.15, 0.2) is 0 Å². The lowest BCUT2D eigenvalue weighted by molar-refractivity contribution is 0.592. The van der Waals surface area contributed by atoms with E-state index < -0.39 is 0 Å². The zero-order valence-corrected chi connectivity index (χ0v) is 16.1. The molecular formula is C20H18Cl2N2S. The van der Waals surface area contributed by atoms with Crippen LogP contribution in [-0.4, -0.2) is 16.9 Å². The average Bonchev–Trinajstić information content (AvgIpc) is 2.81. The molecule has 0 fully saturated rings. The lowest BCUT2D eigenvalue weighted by Crippen LogP contribution is -2.24. The molecular weight excluding hydrogens is 371 g/mol. The van der Waals surface area contributed by atoms with Gasteiger partial charge in [-0.3, -0.25) is 0 Å². The van der Waals surface area contributed by atoms with Gasteiger partial charge >= 0.3 is 0 Å². The predicted octanol–water partition coefficient (Wildman–Crippen LogP) is 5.76. The Balaban J connectivity index is 1.90. The van der Waals surface area contributed by atoms with Crippen LogP contribution in [0, 0.1) is 0 Å². The van der Waals surface area contributed by atoms with Crippen molar-refractivity contribution < 1.29 is 0 Å². The Morgan fingerprint density at radius 2 is 2.00 bits per heavy atom. The van der Waals surface area contributed by atoms with Gasteiger partial charge in [-0.15, -0.1) is 11.8 Å². The molecule has 2 nitrogen and oxygen atoms in total. The first-order valence-corrected chi connectivity index (χ1v) is 10.4. The number of benzene rings is 2. The minimum Gasteiger partial charge on any atom is -0.343 e. The lowest BCUT2D eigenvalue weighted by atomic mass is 9.97. The first-order valence-electron chi connectivity index (χ1n) is 8.70. The highest BCUT2D eigenvalue weighted by molar-refractivity contribution is 7.99. The third kappa shape index (κ3) is 2.44. The Bertz CT molecular complexity index is 993. The van der Waals surface area contributed by atoms with Crippen molar-refractivity contribution in [1.82, 2.24) is 9.88 Å². The van der Waals surface area contributed by atoms with Crippen LogP contribution in [0.2, 0.25) is 10.0 Å². The van der Waals surface area contributed by atoms with Crippen molar-refractivity contribution in [2.24, 2.45) is 0 Å². The summed E-state index contributed by atoms with van der Waals surface area (Å²) < 4.78 is 2.57. The summed E-state index contributed by atoms with van der Waals surface area (Å²) in [7, 11) is 0. The summed E-state index contributed by atoms with van der Waals surface area (Å²) >= 11 is 14.9. The summed E-state index contributed by atoms with van der Waals surface area (Å²) in [6, 6.07) is 10.4. The summed E-state index contributed by atoms with van der Waals surface area (Å²) in [5, 5.41) is 6.17. The van der Waals surface area contributed by atoms with Gasteiger partial charge in [-0.2, -0.15) is 0 Å². The predicted molar refractivity (Wildman–Crippen MR) is 108 cm³/mol. The average molecular weight is 389 g/mol. The number of halogens is 2. The van der Waals surface area contributed by atoms with Gasteiger partial charge in [0.05, 0.1) is 15.6 Å². The number of aryl methyl sites for hydroxylation is 1. The SMILES string of the molecule is Clc1cccc(-c2ccc3c4c2c2c(n4CCCS3)CCNC2)c1Cl. The fourth-order valence-electron chi connectivity index (χ4n) is 4.19. The van der Waals surface area contributed by atoms with E-state index in [-0.39, 0.29) is 0 Å². The summed E-state index contributed by atoms with van der Waals surface area (Å²) in [4.78, 5) is 1.39. The largest absolute Gasteiger partial charge is 0.343 e. The van der Waals surface area contributed by atoms with E-state index in [0.717, 1.165) is 31.6 Å². The fraction of sp³-hybridized carbons (Fsp3) is 0.300. The minimum atomic E-state index is 0.613. The third-order valence-corrected chi connectivity index (χ3v) is 7.20. The molecule has 5 rings (SSSR count). The van der Waals surface area contributed by atoms with Crippen LogP contribution in [0.25, 0.3) is 22.0 Å². The smallest absolute Gasteiger partial charge is 0.0670 e. The number of nitrogens with zero attached hydrogens (tertiary/aromatic N) is 1. The molecule has 2 aliphatic rings. The van der Waals surface area contributed by atoms with E-state index >= 15 is 0 Å². The van der Waals surface area contributed by atoms with E-state index in [9.17, 15) is 0 Å². The quantitative estimate of drug-likeness (QED) is 0.570. The molecule has 25 heavy (non-hydrogen) atoms. The standard InChI is InChI=1S/C20H18Cl2N2S/c21-15-4-1-3-13(19(15)22)12-5-6-17-20-18(12)14-11-23-8-7-16(14)24(20)9-2-10-25-17/h1,3-6,23H,2,7-11H2. The van der Waals surface area contributed by atoms with Crippen molar-refractivity contribution in [3.63, 3.8) is 0 Å². The molecule has 0 saturated heterocycles. The molecule has 0 atom stereocenters. The maximum absolute atomic E-state index is 6.58. The number of rotatable bonds is 1. The second-order valence-corrected chi connectivity index (χ2v) is 8.56. The van der Waals surface area contributed by atoms with Gasteiger partial charge in [-0.25, -0.2) is 0 Å². The van der Waals surface area contributed by atoms with Crippen molar-refractivity contribution in [2.75, 3.05) is 12.3 Å². The van der Waals surface area contributed by atoms with Gasteiger partial charge in [0.1, 0.15) is 0 Å². The van der Waals surface area contributed by atoms with Crippen LogP contribution in [0.3, 0.4) is 0 Å². The van der Waals surface area contributed by atoms with Crippen molar-refractivity contribution >= 4 is 45.9 Å². The number of aromatic nitrogens is 1. The van der Waals surface area contributed by atoms with Gasteiger partial charge in [-0.05, 0) is 35.4 Å². The summed E-state index contributed by atoms with van der Waals surface area (Å²) in [6.45, 7) is 3.09. The van der Waals surface area contributed by atoms with Gasteiger partial charge < -0.3 is 9.88 Å². The fourth-order valence-corrected chi connectivity index (χ4v) is 5.60. The van der Waals surface area contributed by atoms with Crippen LogP contribution in [0.4, 0.5) is 0 Å². The van der Waals surface area contributed by atoms with Crippen molar-refractivity contribution in [2.45, 2.75) is 30.8 Å². The van der Waals surface area contributed by atoms with E-state index in [0.29, 0.717) is 10.0 Å². The molecule has 2 aromatic carbocycles. The summed E-state index contributed by atoms with van der Waals surface area (Å²) in [5.74, 6) is 1.18. The first-order chi connectivity index (χ1) is 12.3. The Morgan fingerprint density at radius 1 is 1.08 bits per heavy atom. The van der Waals surface area contributed by atoms with E-state index in [4.69, 9.17) is 23.2 Å². The molecule has 0 bridgehead atoms. The number of thioether (sulfide) groups is 1. The molecule has 2 aliphatic heterocycles. The van der Waals surface area contributed by atoms with Gasteiger partial charge in [0, 0.05) is 47.6 Å². The van der Waals surface area contributed by atoms with Gasteiger partial charge in [0.25, 0.3) is 0 Å². The number of nitrogens with one attached hydrogen (secondary N) is 1. The van der Waals surface area contributed by atoms with Crippen molar-refractivity contribution in [1.29, 1.82) is 0 Å². The molecule has 3 aromatic rings. The second kappa shape index (κ2) is 6.24. The molecule has 0 saturated carbocycles. The van der Waals surface area contributed by atoms with Crippen molar-refractivity contribution in [3.8, 4) is 11.1 Å². The van der Waals surface area contributed by atoms with Crippen LogP contribution in [0.1, 0.15) is 17.7 Å². The topological polar surface area (TPSA) is 17.0 Å². The molecule has 0 amide bonds. The molecule has 0 spiro atoms. The molecule has 5 heteroatoms. The van der Waals surface area contributed by atoms with Crippen molar-refractivity contribution in [3.05, 3.63) is 51.6 Å². The van der Waals surface area contributed by atoms with E-state index in [2.05, 4.69) is 28.1 Å². The first kappa shape index (κ1) is 16.1. The maximum atomic E-state index is 6.58. The zero-order valence-electron chi connectivity index (χ0n) is 13.7. The normalized spacial score (nSPS) is 16.7. The maximum Gasteiger partial charge on any atom is 0.0670 e. The Hall–Kier alpha value is -1.13. The van der Waals surface area contributed by atoms with Crippen LogP contribution in [0.5, 0.6) is 0 Å². The summed E-state index contributed by atoms with van der Waals surface area (Å²) in [5.41, 5.74) is 6.57. The molecule has 1 N–H and O–H groups in total. The van der Waals surface area contributed by atoms with Crippen LogP contribution < -0.4 is 5.32 Å². The van der Waals surface area contributed by atoms with Gasteiger partial charge in [-0.1, -0.05) is 41.4 Å². The van der Waals surface area contributed by atoms with E-state index in [1.54, 1.807) is 0 Å². The highest BCUT2D eigenvalue weighted by Crippen LogP contribution is 2.45. The monoisotopic (exact) mass is 388 g/mol. The summed E-state index contributed by atoms with van der Waals surface area (Å²) in [6.07, 6.45) is 2.31. The van der Waals surface area contributed by atoms with E-state index in [1.165, 1.54) is 44.8 Å². The van der Waals surface area contributed by atoms with Gasteiger partial charge in [0.2, 0.25) is 0 Å². The molecule has 128 valence electrons. The molecule has 0 aliphatic carbocycles. The number of fused-ring (bicyclic) bond motifs is 3. The molecule has 0 unspecified atom stereocenters.